The van der Waals surface area contributed by atoms with Crippen LogP contribution in [0.1, 0.15) is 48.9 Å². The first kappa shape index (κ1) is 18.9. The lowest BCUT2D eigenvalue weighted by atomic mass is 9.96. The molecule has 2 heterocycles. The Bertz CT molecular complexity index is 1020. The number of rotatable bonds is 3. The molecular weight excluding hydrogens is 374 g/mol. The van der Waals surface area contributed by atoms with Crippen molar-refractivity contribution in [3.05, 3.63) is 59.7 Å². The number of pyridine rings is 1. The number of carbonyl (C=O) groups is 1. The quantitative estimate of drug-likeness (QED) is 0.797. The Morgan fingerprint density at radius 3 is 2.39 bits per heavy atom. The predicted octanol–water partition coefficient (Wildman–Crippen LogP) is 2.95. The molecule has 2 fully saturated rings. The molecule has 7 heteroatoms. The molecule has 0 amide bonds. The van der Waals surface area contributed by atoms with Gasteiger partial charge in [0.2, 0.25) is 10.0 Å². The molecule has 28 heavy (non-hydrogen) atoms. The number of anilines is 1. The Balaban J connectivity index is 1.61. The molecule has 148 valence electrons. The molecule has 2 aliphatic rings. The molecule has 1 aromatic carbocycles. The fourth-order valence-electron chi connectivity index (χ4n) is 3.95. The molecule has 4 rings (SSSR count). The minimum atomic E-state index is -3.22. The van der Waals surface area contributed by atoms with Crippen molar-refractivity contribution in [3.63, 3.8) is 0 Å². The smallest absolute Gasteiger partial charge is 0.263 e. The zero-order valence-electron chi connectivity index (χ0n) is 15.8. The van der Waals surface area contributed by atoms with Crippen LogP contribution in [0.2, 0.25) is 0 Å². The van der Waals surface area contributed by atoms with Crippen molar-refractivity contribution in [2.45, 2.75) is 44.6 Å². The normalized spacial score (nSPS) is 20.4. The van der Waals surface area contributed by atoms with Crippen molar-refractivity contribution >= 4 is 21.6 Å². The van der Waals surface area contributed by atoms with E-state index in [2.05, 4.69) is 0 Å². The Labute approximate surface area is 165 Å². The second kappa shape index (κ2) is 7.91. The molecule has 0 radical (unpaired) electrons. The molecule has 1 saturated heterocycles. The van der Waals surface area contributed by atoms with E-state index in [-0.39, 0.29) is 17.7 Å². The van der Waals surface area contributed by atoms with E-state index >= 15 is 0 Å². The number of hydrogen-bond donors (Lipinski definition) is 0. The molecule has 0 spiro atoms. The highest BCUT2D eigenvalue weighted by Crippen LogP contribution is 2.24. The maximum Gasteiger partial charge on any atom is 0.263 e. The zero-order valence-corrected chi connectivity index (χ0v) is 16.6. The highest BCUT2D eigenvalue weighted by molar-refractivity contribution is 7.93. The number of carbonyl (C=O) groups excluding carboxylic acids is 1. The van der Waals surface area contributed by atoms with Crippen LogP contribution in [0.4, 0.5) is 5.69 Å². The Hall–Kier alpha value is -2.41. The summed E-state index contributed by atoms with van der Waals surface area (Å²) in [6.07, 6.45) is 8.16. The molecule has 0 unspecified atom stereocenters. The topological polar surface area (TPSA) is 71.7 Å². The Morgan fingerprint density at radius 2 is 1.71 bits per heavy atom. The van der Waals surface area contributed by atoms with Crippen molar-refractivity contribution in [3.8, 4) is 0 Å². The van der Waals surface area contributed by atoms with Crippen molar-refractivity contribution in [1.82, 2.24) is 4.57 Å². The summed E-state index contributed by atoms with van der Waals surface area (Å²) < 4.78 is 27.2. The fourth-order valence-corrected chi connectivity index (χ4v) is 5.51. The van der Waals surface area contributed by atoms with Gasteiger partial charge in [0.05, 0.1) is 17.5 Å². The molecule has 0 N–H and O–H groups in total. The zero-order chi connectivity index (χ0) is 19.6. The molecule has 0 atom stereocenters. The van der Waals surface area contributed by atoms with Gasteiger partial charge in [0.1, 0.15) is 5.49 Å². The number of sulfonamides is 1. The minimum Gasteiger partial charge on any atom is -0.270 e. The SMILES string of the molecule is O=C(c1ccc(N2CCCS2(=O)=O)cc1)n1ccccc1=NC1CCCCC1. The van der Waals surface area contributed by atoms with Gasteiger partial charge in [0, 0.05) is 18.3 Å². The lowest BCUT2D eigenvalue weighted by molar-refractivity contribution is 0.0954. The van der Waals surface area contributed by atoms with Crippen LogP contribution in [0.25, 0.3) is 0 Å². The molecule has 0 bridgehead atoms. The van der Waals surface area contributed by atoms with E-state index in [1.54, 1.807) is 35.0 Å². The van der Waals surface area contributed by atoms with E-state index in [1.807, 2.05) is 18.2 Å². The minimum absolute atomic E-state index is 0.161. The third-order valence-corrected chi connectivity index (χ3v) is 7.32. The van der Waals surface area contributed by atoms with Crippen LogP contribution in [0.5, 0.6) is 0 Å². The summed E-state index contributed by atoms with van der Waals surface area (Å²) in [6.45, 7) is 0.494. The van der Waals surface area contributed by atoms with Crippen LogP contribution in [0.15, 0.2) is 53.7 Å². The lowest BCUT2D eigenvalue weighted by Crippen LogP contribution is -2.29. The van der Waals surface area contributed by atoms with Crippen LogP contribution < -0.4 is 9.79 Å². The van der Waals surface area contributed by atoms with Crippen LogP contribution in [-0.2, 0) is 10.0 Å². The van der Waals surface area contributed by atoms with Crippen LogP contribution in [-0.4, -0.2) is 37.2 Å². The van der Waals surface area contributed by atoms with Gasteiger partial charge in [-0.25, -0.2) is 8.42 Å². The second-order valence-corrected chi connectivity index (χ2v) is 9.46. The van der Waals surface area contributed by atoms with Gasteiger partial charge in [-0.15, -0.1) is 0 Å². The van der Waals surface area contributed by atoms with Crippen molar-refractivity contribution < 1.29 is 13.2 Å². The van der Waals surface area contributed by atoms with Crippen molar-refractivity contribution in [1.29, 1.82) is 0 Å². The van der Waals surface area contributed by atoms with Gasteiger partial charge >= 0.3 is 0 Å². The first-order valence-electron chi connectivity index (χ1n) is 9.91. The summed E-state index contributed by atoms with van der Waals surface area (Å²) in [5.41, 5.74) is 1.79. The van der Waals surface area contributed by atoms with Gasteiger partial charge in [-0.05, 0) is 55.7 Å². The lowest BCUT2D eigenvalue weighted by Gasteiger charge is -2.18. The highest BCUT2D eigenvalue weighted by atomic mass is 32.2. The van der Waals surface area contributed by atoms with E-state index < -0.39 is 10.0 Å². The van der Waals surface area contributed by atoms with Gasteiger partial charge in [0.25, 0.3) is 5.91 Å². The van der Waals surface area contributed by atoms with Crippen molar-refractivity contribution in [2.75, 3.05) is 16.6 Å². The van der Waals surface area contributed by atoms with E-state index in [9.17, 15) is 13.2 Å². The van der Waals surface area contributed by atoms with E-state index in [0.717, 1.165) is 12.8 Å². The van der Waals surface area contributed by atoms with E-state index in [1.165, 1.54) is 23.6 Å². The van der Waals surface area contributed by atoms with Gasteiger partial charge in [-0.1, -0.05) is 25.3 Å². The summed E-state index contributed by atoms with van der Waals surface area (Å²) in [6, 6.07) is 12.7. The molecule has 2 aromatic rings. The van der Waals surface area contributed by atoms with Gasteiger partial charge < -0.3 is 0 Å². The summed E-state index contributed by atoms with van der Waals surface area (Å²) >= 11 is 0. The van der Waals surface area contributed by atoms with E-state index in [0.29, 0.717) is 29.7 Å². The summed E-state index contributed by atoms with van der Waals surface area (Å²) in [5.74, 6) is 0.0190. The maximum absolute atomic E-state index is 13.0. The third-order valence-electron chi connectivity index (χ3n) is 5.45. The van der Waals surface area contributed by atoms with Crippen LogP contribution in [0, 0.1) is 0 Å². The standard InChI is InChI=1S/C21H25N3O3S/c25-21(17-10-12-19(13-11-17)24-15-6-16-28(24,26)27)23-14-5-4-9-20(23)22-18-7-2-1-3-8-18/h4-5,9-14,18H,1-3,6-8,15-16H2. The number of hydrogen-bond acceptors (Lipinski definition) is 4. The van der Waals surface area contributed by atoms with Gasteiger partial charge in [0.15, 0.2) is 0 Å². The average Bonchev–Trinajstić information content (AvgIpc) is 3.08. The summed E-state index contributed by atoms with van der Waals surface area (Å²) in [5, 5.41) is 0. The summed E-state index contributed by atoms with van der Waals surface area (Å²) in [4.78, 5) is 17.9. The molecule has 1 aromatic heterocycles. The number of nitrogens with zero attached hydrogens (tertiary/aromatic N) is 3. The molecule has 1 aliphatic heterocycles. The highest BCUT2D eigenvalue weighted by Gasteiger charge is 2.28. The number of benzene rings is 1. The van der Waals surface area contributed by atoms with Gasteiger partial charge in [-0.2, -0.15) is 0 Å². The first-order valence-corrected chi connectivity index (χ1v) is 11.5. The van der Waals surface area contributed by atoms with Crippen LogP contribution in [0.3, 0.4) is 0 Å². The first-order chi connectivity index (χ1) is 13.5. The number of aromatic nitrogens is 1. The molecule has 1 saturated carbocycles. The predicted molar refractivity (Wildman–Crippen MR) is 109 cm³/mol. The molecular formula is C21H25N3O3S. The summed E-state index contributed by atoms with van der Waals surface area (Å²) in [7, 11) is -3.22. The van der Waals surface area contributed by atoms with E-state index in [4.69, 9.17) is 4.99 Å². The monoisotopic (exact) mass is 399 g/mol. The fraction of sp³-hybridized carbons (Fsp3) is 0.429. The second-order valence-electron chi connectivity index (χ2n) is 7.44. The Morgan fingerprint density at radius 1 is 0.964 bits per heavy atom. The Kier molecular flexibility index (Phi) is 5.35. The third kappa shape index (κ3) is 3.90. The van der Waals surface area contributed by atoms with Crippen molar-refractivity contribution in [2.24, 2.45) is 4.99 Å². The van der Waals surface area contributed by atoms with Gasteiger partial charge in [-0.3, -0.25) is 18.7 Å². The van der Waals surface area contributed by atoms with Crippen LogP contribution >= 0.6 is 0 Å². The maximum atomic E-state index is 13.0. The molecule has 6 nitrogen and oxygen atoms in total. The molecule has 1 aliphatic carbocycles. The average molecular weight is 400 g/mol. The largest absolute Gasteiger partial charge is 0.270 e.